The molecule has 7 atom stereocenters. The molecule has 1 aromatic heterocycles. The van der Waals surface area contributed by atoms with E-state index in [2.05, 4.69) is 20.9 Å². The van der Waals surface area contributed by atoms with Crippen molar-refractivity contribution >= 4 is 56.5 Å². The summed E-state index contributed by atoms with van der Waals surface area (Å²) in [7, 11) is 0. The summed E-state index contributed by atoms with van der Waals surface area (Å²) < 4.78 is 49.3. The molecule has 3 heterocycles. The van der Waals surface area contributed by atoms with Gasteiger partial charge in [-0.1, -0.05) is 69.2 Å². The molecule has 46 heavy (non-hydrogen) atoms. The molecule has 2 amide bonds. The summed E-state index contributed by atoms with van der Waals surface area (Å²) in [6.45, 7) is 2.35. The number of hydrogen-bond donors (Lipinski definition) is 1. The van der Waals surface area contributed by atoms with E-state index in [0.717, 1.165) is 53.4 Å². The quantitative estimate of drug-likeness (QED) is 0.213. The van der Waals surface area contributed by atoms with Crippen LogP contribution in [0.5, 0.6) is 5.75 Å². The Balaban J connectivity index is 1.20. The zero-order chi connectivity index (χ0) is 32.1. The van der Waals surface area contributed by atoms with Gasteiger partial charge in [-0.05, 0) is 67.0 Å². The van der Waals surface area contributed by atoms with E-state index in [1.807, 2.05) is 49.4 Å². The topological polar surface area (TPSA) is 79.5 Å². The fraction of sp³-hybridized carbons (Fsp3) is 0.324. The number of alkyl halides is 3. The molecular formula is C34H26BrF3N2O4S2. The highest BCUT2D eigenvalue weighted by Gasteiger charge is 2.70. The number of para-hydroxylation sites is 1. The largest absolute Gasteiger partial charge is 0.489 e. The summed E-state index contributed by atoms with van der Waals surface area (Å²) in [4.78, 5) is 45.2. The number of carbonyl (C=O) groups is 2. The molecule has 6 nitrogen and oxygen atoms in total. The molecule has 2 aliphatic heterocycles. The summed E-state index contributed by atoms with van der Waals surface area (Å²) in [5.74, 6) is -2.86. The number of ether oxygens (including phenoxy) is 1. The number of anilines is 1. The Kier molecular flexibility index (Phi) is 7.08. The number of amides is 2. The van der Waals surface area contributed by atoms with Crippen LogP contribution < -0.4 is 14.5 Å². The van der Waals surface area contributed by atoms with Crippen LogP contribution in [-0.2, 0) is 22.4 Å². The highest BCUT2D eigenvalue weighted by atomic mass is 79.9. The van der Waals surface area contributed by atoms with Gasteiger partial charge in [-0.25, -0.2) is 4.90 Å². The zero-order valence-electron chi connectivity index (χ0n) is 24.2. The number of aryl methyl sites for hydroxylation is 1. The van der Waals surface area contributed by atoms with E-state index in [1.165, 1.54) is 30.0 Å². The Morgan fingerprint density at radius 1 is 0.978 bits per heavy atom. The molecule has 8 rings (SSSR count). The lowest BCUT2D eigenvalue weighted by Gasteiger charge is -2.43. The number of imide groups is 1. The highest BCUT2D eigenvalue weighted by Crippen LogP contribution is 2.69. The predicted octanol–water partition coefficient (Wildman–Crippen LogP) is 7.78. The maximum atomic E-state index is 14.1. The molecule has 2 aliphatic carbocycles. The van der Waals surface area contributed by atoms with E-state index < -0.39 is 41.1 Å². The van der Waals surface area contributed by atoms with E-state index in [-0.39, 0.29) is 33.8 Å². The van der Waals surface area contributed by atoms with Crippen LogP contribution in [0.1, 0.15) is 39.5 Å². The molecule has 1 saturated heterocycles. The van der Waals surface area contributed by atoms with Gasteiger partial charge in [0.05, 0.1) is 28.1 Å². The Morgan fingerprint density at radius 3 is 2.43 bits per heavy atom. The molecular weight excluding hydrogens is 701 g/mol. The first-order valence-corrected chi connectivity index (χ1v) is 17.4. The number of H-pyrrole nitrogens is 1. The molecule has 3 fully saturated rings. The molecule has 4 aliphatic rings. The van der Waals surface area contributed by atoms with Crippen LogP contribution in [0.15, 0.2) is 81.0 Å². The SMILES string of the molecule is Cc1ccc(COc2ccc(Br)cc2[C@H]2c3sc(=O)[nH]c3SC3C4CC(C5C(=O)N(c6ccccc6C(F)(F)F)C(=O)C45)C32)cc1. The summed E-state index contributed by atoms with van der Waals surface area (Å²) in [6.07, 6.45) is -4.11. The van der Waals surface area contributed by atoms with Crippen molar-refractivity contribution in [3.05, 3.63) is 108 Å². The molecule has 12 heteroatoms. The molecule has 4 aromatic rings. The summed E-state index contributed by atoms with van der Waals surface area (Å²) in [6, 6.07) is 18.6. The van der Waals surface area contributed by atoms with Gasteiger partial charge >= 0.3 is 11.0 Å². The van der Waals surface area contributed by atoms with Crippen molar-refractivity contribution in [2.75, 3.05) is 4.90 Å². The molecule has 2 bridgehead atoms. The number of rotatable bonds is 5. The minimum absolute atomic E-state index is 0.118. The Labute approximate surface area is 278 Å². The number of thiazole rings is 1. The highest BCUT2D eigenvalue weighted by molar-refractivity contribution is 9.10. The minimum Gasteiger partial charge on any atom is -0.489 e. The van der Waals surface area contributed by atoms with Gasteiger partial charge in [-0.2, -0.15) is 13.2 Å². The molecule has 1 N–H and O–H groups in total. The van der Waals surface area contributed by atoms with Crippen molar-refractivity contribution < 1.29 is 27.5 Å². The number of thioether (sulfide) groups is 1. The molecule has 0 radical (unpaired) electrons. The number of halogens is 4. The van der Waals surface area contributed by atoms with Crippen molar-refractivity contribution in [3.8, 4) is 5.75 Å². The van der Waals surface area contributed by atoms with Gasteiger partial charge in [0.1, 0.15) is 12.4 Å². The Bertz CT molecular complexity index is 1960. The third-order valence-corrected chi connectivity index (χ3v) is 13.1. The fourth-order valence-electron chi connectivity index (χ4n) is 8.25. The van der Waals surface area contributed by atoms with Crippen LogP contribution in [0.25, 0.3) is 0 Å². The van der Waals surface area contributed by atoms with E-state index in [0.29, 0.717) is 18.8 Å². The number of nitrogens with zero attached hydrogens (tertiary/aromatic N) is 1. The van der Waals surface area contributed by atoms with Crippen LogP contribution in [0.4, 0.5) is 18.9 Å². The molecule has 6 unspecified atom stereocenters. The molecule has 0 spiro atoms. The monoisotopic (exact) mass is 726 g/mol. The number of hydrogen-bond acceptors (Lipinski definition) is 6. The first kappa shape index (κ1) is 30.0. The van der Waals surface area contributed by atoms with E-state index in [9.17, 15) is 27.6 Å². The van der Waals surface area contributed by atoms with Crippen molar-refractivity contribution in [2.45, 2.75) is 42.3 Å². The van der Waals surface area contributed by atoms with Crippen LogP contribution in [0.2, 0.25) is 0 Å². The Morgan fingerprint density at radius 2 is 1.70 bits per heavy atom. The van der Waals surface area contributed by atoms with Crippen LogP contribution in [0.3, 0.4) is 0 Å². The summed E-state index contributed by atoms with van der Waals surface area (Å²) >= 11 is 6.29. The predicted molar refractivity (Wildman–Crippen MR) is 172 cm³/mol. The number of aromatic nitrogens is 1. The second-order valence-electron chi connectivity index (χ2n) is 12.4. The third-order valence-electron chi connectivity index (χ3n) is 10.00. The minimum atomic E-state index is -4.72. The lowest BCUT2D eigenvalue weighted by Crippen LogP contribution is -2.42. The lowest BCUT2D eigenvalue weighted by molar-refractivity contribution is -0.137. The van der Waals surface area contributed by atoms with Crippen LogP contribution in [-0.4, -0.2) is 22.0 Å². The van der Waals surface area contributed by atoms with Gasteiger partial charge in [-0.3, -0.25) is 14.4 Å². The molecule has 236 valence electrons. The van der Waals surface area contributed by atoms with Crippen molar-refractivity contribution in [1.82, 2.24) is 4.98 Å². The summed E-state index contributed by atoms with van der Waals surface area (Å²) in [5, 5.41) is 0.623. The van der Waals surface area contributed by atoms with E-state index >= 15 is 0 Å². The maximum absolute atomic E-state index is 14.1. The van der Waals surface area contributed by atoms with Crippen molar-refractivity contribution in [2.24, 2.45) is 29.6 Å². The number of benzene rings is 3. The van der Waals surface area contributed by atoms with Gasteiger partial charge < -0.3 is 9.72 Å². The zero-order valence-corrected chi connectivity index (χ0v) is 27.4. The molecule has 3 aromatic carbocycles. The van der Waals surface area contributed by atoms with Crippen molar-refractivity contribution in [1.29, 1.82) is 0 Å². The second kappa shape index (κ2) is 10.8. The third kappa shape index (κ3) is 4.62. The van der Waals surface area contributed by atoms with Crippen molar-refractivity contribution in [3.63, 3.8) is 0 Å². The van der Waals surface area contributed by atoms with E-state index in [4.69, 9.17) is 4.74 Å². The first-order valence-electron chi connectivity index (χ1n) is 14.9. The lowest BCUT2D eigenvalue weighted by atomic mass is 9.68. The normalized spacial score (nSPS) is 27.9. The summed E-state index contributed by atoms with van der Waals surface area (Å²) in [5.41, 5.74) is 1.60. The Hall–Kier alpha value is -3.35. The maximum Gasteiger partial charge on any atom is 0.418 e. The van der Waals surface area contributed by atoms with Gasteiger partial charge in [0.2, 0.25) is 11.8 Å². The van der Waals surface area contributed by atoms with Gasteiger partial charge in [-0.15, -0.1) is 11.8 Å². The number of carbonyl (C=O) groups excluding carboxylic acids is 2. The first-order chi connectivity index (χ1) is 22.0. The average Bonchev–Trinajstić information content (AvgIpc) is 3.75. The van der Waals surface area contributed by atoms with Gasteiger partial charge in [0, 0.05) is 26.1 Å². The number of nitrogens with one attached hydrogen (secondary N) is 1. The average molecular weight is 728 g/mol. The number of fused-ring (bicyclic) bond motifs is 9. The smallest absolute Gasteiger partial charge is 0.418 e. The second-order valence-corrected chi connectivity index (χ2v) is 15.6. The van der Waals surface area contributed by atoms with E-state index in [1.54, 1.807) is 0 Å². The van der Waals surface area contributed by atoms with Crippen LogP contribution in [0, 0.1) is 36.5 Å². The van der Waals surface area contributed by atoms with Crippen LogP contribution >= 0.6 is 39.0 Å². The fourth-order valence-corrected chi connectivity index (χ4v) is 11.5. The standard InChI is InChI=1S/C34H26BrF3N2O4S2/c1-15-6-8-16(9-7-15)14-44-23-11-10-17(35)12-18(23)24-25-19-13-20(28(25)45-30-29(24)46-33(43)39-30)27-26(19)31(41)40(32(27)42)22-5-3-2-4-21(22)34(36,37)38/h2-12,19-20,24-28H,13-14H2,1H3,(H,39,43)/t19?,20?,24-,25?,26?,27?,28?/m1/s1. The van der Waals surface area contributed by atoms with Gasteiger partial charge in [0.15, 0.2) is 0 Å². The van der Waals surface area contributed by atoms with Gasteiger partial charge in [0.25, 0.3) is 0 Å². The number of aromatic amines is 1. The molecule has 2 saturated carbocycles.